The van der Waals surface area contributed by atoms with Crippen LogP contribution in [-0.4, -0.2) is 23.1 Å². The summed E-state index contributed by atoms with van der Waals surface area (Å²) in [6.07, 6.45) is 2.83. The second kappa shape index (κ2) is 7.63. The third kappa shape index (κ3) is 2.91. The monoisotopic (exact) mass is 407 g/mol. The number of nitrogens with zero attached hydrogens (tertiary/aromatic N) is 5. The summed E-state index contributed by atoms with van der Waals surface area (Å²) in [6.45, 7) is 8.72. The average molecular weight is 408 g/mol. The van der Waals surface area contributed by atoms with Crippen LogP contribution in [0.15, 0.2) is 39.9 Å². The lowest BCUT2D eigenvalue weighted by Gasteiger charge is -2.16. The summed E-state index contributed by atoms with van der Waals surface area (Å²) >= 11 is 0. The Morgan fingerprint density at radius 2 is 1.73 bits per heavy atom. The van der Waals surface area contributed by atoms with E-state index in [-0.39, 0.29) is 17.3 Å². The van der Waals surface area contributed by atoms with E-state index >= 15 is 0 Å². The molecule has 0 saturated heterocycles. The van der Waals surface area contributed by atoms with Gasteiger partial charge in [-0.1, -0.05) is 50.1 Å². The second-order valence-electron chi connectivity index (χ2n) is 8.05. The Morgan fingerprint density at radius 3 is 2.40 bits per heavy atom. The topological polar surface area (TPSA) is 66.2 Å². The molecule has 3 aromatic heterocycles. The van der Waals surface area contributed by atoms with Gasteiger partial charge in [-0.25, -0.2) is 4.79 Å². The number of rotatable bonds is 6. The number of hydrogen-bond donors (Lipinski definition) is 0. The predicted octanol–water partition coefficient (Wildman–Crippen LogP) is 3.57. The highest BCUT2D eigenvalue weighted by molar-refractivity contribution is 5.76. The van der Waals surface area contributed by atoms with Gasteiger partial charge in [0.25, 0.3) is 5.56 Å². The molecule has 4 rings (SSSR count). The average Bonchev–Trinajstić information content (AvgIpc) is 3.25. The molecule has 1 aromatic carbocycles. The molecule has 7 nitrogen and oxygen atoms in total. The minimum absolute atomic E-state index is 0.0445. The first-order valence-electron chi connectivity index (χ1n) is 10.6. The van der Waals surface area contributed by atoms with Gasteiger partial charge in [-0.3, -0.25) is 18.3 Å². The fourth-order valence-corrected chi connectivity index (χ4v) is 4.34. The van der Waals surface area contributed by atoms with Gasteiger partial charge in [0, 0.05) is 25.0 Å². The standard InChI is InChI=1S/C23H29N5O2/c1-6-7-11-14-26-21(29)19-20(25(5)23(26)30)24-22-27(15(2)16(3)28(19)22)17(4)18-12-9-8-10-13-18/h8-10,12-13,17H,6-7,11,14H2,1-5H3. The van der Waals surface area contributed by atoms with Crippen LogP contribution in [0.5, 0.6) is 0 Å². The molecule has 0 spiro atoms. The lowest BCUT2D eigenvalue weighted by Crippen LogP contribution is -2.39. The van der Waals surface area contributed by atoms with E-state index in [9.17, 15) is 9.59 Å². The normalized spacial score (nSPS) is 12.8. The summed E-state index contributed by atoms with van der Waals surface area (Å²) in [5.41, 5.74) is 3.53. The van der Waals surface area contributed by atoms with E-state index in [0.29, 0.717) is 23.5 Å². The van der Waals surface area contributed by atoms with Crippen LogP contribution in [0.2, 0.25) is 0 Å². The molecule has 0 amide bonds. The van der Waals surface area contributed by atoms with Crippen molar-refractivity contribution in [1.29, 1.82) is 0 Å². The van der Waals surface area contributed by atoms with Gasteiger partial charge in [-0.15, -0.1) is 0 Å². The highest BCUT2D eigenvalue weighted by Crippen LogP contribution is 2.27. The van der Waals surface area contributed by atoms with Crippen LogP contribution in [0, 0.1) is 13.8 Å². The van der Waals surface area contributed by atoms with Crippen LogP contribution in [0.25, 0.3) is 16.9 Å². The van der Waals surface area contributed by atoms with Gasteiger partial charge < -0.3 is 4.57 Å². The molecule has 0 bridgehead atoms. The lowest BCUT2D eigenvalue weighted by molar-refractivity contribution is 0.550. The van der Waals surface area contributed by atoms with E-state index < -0.39 is 0 Å². The fraction of sp³-hybridized carbons (Fsp3) is 0.435. The van der Waals surface area contributed by atoms with E-state index in [1.807, 2.05) is 29.5 Å². The zero-order chi connectivity index (χ0) is 21.6. The van der Waals surface area contributed by atoms with Crippen molar-refractivity contribution in [1.82, 2.24) is 23.1 Å². The quantitative estimate of drug-likeness (QED) is 0.459. The zero-order valence-corrected chi connectivity index (χ0v) is 18.3. The van der Waals surface area contributed by atoms with Crippen molar-refractivity contribution >= 4 is 16.9 Å². The van der Waals surface area contributed by atoms with Crippen LogP contribution < -0.4 is 11.2 Å². The molecular formula is C23H29N5O2. The largest absolute Gasteiger partial charge is 0.332 e. The molecule has 7 heteroatoms. The highest BCUT2D eigenvalue weighted by atomic mass is 16.2. The number of fused-ring (bicyclic) bond motifs is 3. The number of benzene rings is 1. The number of hydrogen-bond acceptors (Lipinski definition) is 3. The molecule has 4 aromatic rings. The third-order valence-electron chi connectivity index (χ3n) is 6.21. The van der Waals surface area contributed by atoms with Gasteiger partial charge in [0.15, 0.2) is 11.2 Å². The van der Waals surface area contributed by atoms with E-state index in [2.05, 4.69) is 37.5 Å². The minimum Gasteiger partial charge on any atom is -0.307 e. The summed E-state index contributed by atoms with van der Waals surface area (Å²) in [5.74, 6) is 0.690. The molecule has 1 unspecified atom stereocenters. The molecular weight excluding hydrogens is 378 g/mol. The van der Waals surface area contributed by atoms with Crippen molar-refractivity contribution in [3.8, 4) is 0 Å². The van der Waals surface area contributed by atoms with E-state index in [4.69, 9.17) is 4.98 Å². The van der Waals surface area contributed by atoms with Crippen molar-refractivity contribution in [2.24, 2.45) is 7.05 Å². The number of aromatic nitrogens is 5. The molecule has 0 aliphatic heterocycles. The van der Waals surface area contributed by atoms with Gasteiger partial charge in [-0.2, -0.15) is 4.98 Å². The van der Waals surface area contributed by atoms with Crippen LogP contribution >= 0.6 is 0 Å². The first-order valence-corrected chi connectivity index (χ1v) is 10.6. The SMILES string of the molecule is CCCCCn1c(=O)c2c(nc3n(C(C)c4ccccc4)c(C)c(C)n23)n(C)c1=O. The van der Waals surface area contributed by atoms with Crippen molar-refractivity contribution < 1.29 is 0 Å². The lowest BCUT2D eigenvalue weighted by atomic mass is 10.1. The molecule has 158 valence electrons. The Balaban J connectivity index is 2.02. The summed E-state index contributed by atoms with van der Waals surface area (Å²) < 4.78 is 6.93. The number of imidazole rings is 2. The Labute approximate surface area is 175 Å². The fourth-order valence-electron chi connectivity index (χ4n) is 4.34. The molecule has 0 N–H and O–H groups in total. The molecule has 0 aliphatic rings. The Morgan fingerprint density at radius 1 is 1.03 bits per heavy atom. The summed E-state index contributed by atoms with van der Waals surface area (Å²) in [6, 6.07) is 10.3. The maximum absolute atomic E-state index is 13.4. The molecule has 0 aliphatic carbocycles. The molecule has 0 fully saturated rings. The summed E-state index contributed by atoms with van der Waals surface area (Å²) in [4.78, 5) is 31.0. The maximum atomic E-state index is 13.4. The van der Waals surface area contributed by atoms with Gasteiger partial charge in [-0.05, 0) is 32.8 Å². The molecule has 30 heavy (non-hydrogen) atoms. The first-order chi connectivity index (χ1) is 14.4. The zero-order valence-electron chi connectivity index (χ0n) is 18.3. The van der Waals surface area contributed by atoms with E-state index in [1.54, 1.807) is 7.05 Å². The van der Waals surface area contributed by atoms with Crippen LogP contribution in [0.1, 0.15) is 56.1 Å². The summed E-state index contributed by atoms with van der Waals surface area (Å²) in [5, 5.41) is 0. The third-order valence-corrected chi connectivity index (χ3v) is 6.21. The first kappa shape index (κ1) is 20.2. The molecule has 3 heterocycles. The van der Waals surface area contributed by atoms with Gasteiger partial charge in [0.2, 0.25) is 5.78 Å². The Hall–Kier alpha value is -3.09. The van der Waals surface area contributed by atoms with Crippen molar-refractivity contribution in [3.63, 3.8) is 0 Å². The van der Waals surface area contributed by atoms with Crippen molar-refractivity contribution in [2.45, 2.75) is 59.5 Å². The van der Waals surface area contributed by atoms with E-state index in [1.165, 1.54) is 9.13 Å². The minimum atomic E-state index is -0.304. The molecule has 1 atom stereocenters. The van der Waals surface area contributed by atoms with Crippen LogP contribution in [0.4, 0.5) is 0 Å². The Bertz CT molecular complexity index is 1340. The number of unbranched alkanes of at least 4 members (excludes halogenated alkanes) is 2. The van der Waals surface area contributed by atoms with Crippen molar-refractivity contribution in [3.05, 3.63) is 68.1 Å². The van der Waals surface area contributed by atoms with Crippen molar-refractivity contribution in [2.75, 3.05) is 0 Å². The maximum Gasteiger partial charge on any atom is 0.332 e. The Kier molecular flexibility index (Phi) is 5.13. The smallest absolute Gasteiger partial charge is 0.307 e. The van der Waals surface area contributed by atoms with Gasteiger partial charge in [0.1, 0.15) is 0 Å². The summed E-state index contributed by atoms with van der Waals surface area (Å²) in [7, 11) is 1.69. The van der Waals surface area contributed by atoms with Gasteiger partial charge >= 0.3 is 5.69 Å². The molecule has 0 saturated carbocycles. The van der Waals surface area contributed by atoms with Gasteiger partial charge in [0.05, 0.1) is 6.04 Å². The van der Waals surface area contributed by atoms with Crippen LogP contribution in [-0.2, 0) is 13.6 Å². The number of aryl methyl sites for hydroxylation is 2. The van der Waals surface area contributed by atoms with E-state index in [0.717, 1.165) is 36.2 Å². The second-order valence-corrected chi connectivity index (χ2v) is 8.05. The highest BCUT2D eigenvalue weighted by Gasteiger charge is 2.24. The molecule has 0 radical (unpaired) electrons. The van der Waals surface area contributed by atoms with Crippen LogP contribution in [0.3, 0.4) is 0 Å². The predicted molar refractivity (Wildman–Crippen MR) is 119 cm³/mol.